The van der Waals surface area contributed by atoms with Crippen molar-refractivity contribution in [2.24, 2.45) is 10.9 Å². The number of amides is 1. The molecule has 0 bridgehead atoms. The molecule has 1 saturated heterocycles. The molecule has 14 heteroatoms. The third-order valence-electron chi connectivity index (χ3n) is 5.70. The van der Waals surface area contributed by atoms with E-state index >= 15 is 0 Å². The van der Waals surface area contributed by atoms with Crippen LogP contribution in [0, 0.1) is 5.92 Å². The van der Waals surface area contributed by atoms with Crippen molar-refractivity contribution in [3.05, 3.63) is 40.5 Å². The lowest BCUT2D eigenvalue weighted by atomic mass is 9.98. The van der Waals surface area contributed by atoms with Gasteiger partial charge < -0.3 is 9.30 Å². The zero-order chi connectivity index (χ0) is 25.4. The van der Waals surface area contributed by atoms with Crippen molar-refractivity contribution in [3.63, 3.8) is 0 Å². The smallest absolute Gasteiger partial charge is 0.325 e. The Balaban J connectivity index is 1.62. The maximum Gasteiger partial charge on any atom is 0.325 e. The molecule has 35 heavy (non-hydrogen) atoms. The summed E-state index contributed by atoms with van der Waals surface area (Å²) in [7, 11) is -5.77. The molecule has 0 aliphatic carbocycles. The standard InChI is InChI=1S/C21H23N3O7S4/c1-31-18(25)13-24-16-6-5-15(34(2,27)28)12-17(16)33-21(24)22-20(26)14-7-9-23(10-8-14)35(29,30)19-4-3-11-32-19/h3-6,11-12,14H,7-10,13H2,1-2H3. The van der Waals surface area contributed by atoms with Gasteiger partial charge in [-0.1, -0.05) is 17.4 Å². The van der Waals surface area contributed by atoms with Gasteiger partial charge in [0.05, 0.1) is 22.2 Å². The molecule has 1 aromatic carbocycles. The van der Waals surface area contributed by atoms with Gasteiger partial charge in [0, 0.05) is 25.3 Å². The highest BCUT2D eigenvalue weighted by molar-refractivity contribution is 7.91. The minimum absolute atomic E-state index is 0.119. The van der Waals surface area contributed by atoms with Crippen molar-refractivity contribution in [2.75, 3.05) is 26.5 Å². The van der Waals surface area contributed by atoms with Gasteiger partial charge in [-0.15, -0.1) is 11.3 Å². The Morgan fingerprint density at radius 2 is 1.86 bits per heavy atom. The van der Waals surface area contributed by atoms with Gasteiger partial charge in [0.15, 0.2) is 14.6 Å². The van der Waals surface area contributed by atoms with Gasteiger partial charge in [0.2, 0.25) is 0 Å². The zero-order valence-electron chi connectivity index (χ0n) is 18.9. The number of rotatable bonds is 6. The Labute approximate surface area is 210 Å². The maximum atomic E-state index is 13.0. The number of aromatic nitrogens is 1. The number of carbonyl (C=O) groups excluding carboxylic acids is 2. The third kappa shape index (κ3) is 5.40. The van der Waals surface area contributed by atoms with Crippen molar-refractivity contribution < 1.29 is 31.2 Å². The topological polar surface area (TPSA) is 132 Å². The van der Waals surface area contributed by atoms with Crippen LogP contribution in [0.3, 0.4) is 0 Å². The van der Waals surface area contributed by atoms with Gasteiger partial charge in [0.1, 0.15) is 10.8 Å². The summed E-state index contributed by atoms with van der Waals surface area (Å²) < 4.78 is 57.8. The second-order valence-corrected chi connectivity index (χ2v) is 14.1. The molecule has 10 nitrogen and oxygen atoms in total. The number of piperidine rings is 1. The molecular formula is C21H23N3O7S4. The largest absolute Gasteiger partial charge is 0.468 e. The average Bonchev–Trinajstić information content (AvgIpc) is 3.47. The van der Waals surface area contributed by atoms with E-state index < -0.39 is 37.7 Å². The van der Waals surface area contributed by atoms with Gasteiger partial charge in [-0.05, 0) is 42.5 Å². The predicted molar refractivity (Wildman–Crippen MR) is 131 cm³/mol. The molecule has 0 saturated carbocycles. The van der Waals surface area contributed by atoms with Crippen LogP contribution in [0.15, 0.2) is 49.8 Å². The van der Waals surface area contributed by atoms with Crippen molar-refractivity contribution in [1.29, 1.82) is 0 Å². The van der Waals surface area contributed by atoms with E-state index in [1.165, 1.54) is 28.1 Å². The molecule has 0 atom stereocenters. The van der Waals surface area contributed by atoms with Crippen molar-refractivity contribution >= 4 is 64.6 Å². The van der Waals surface area contributed by atoms with E-state index in [2.05, 4.69) is 4.99 Å². The Hall–Kier alpha value is -2.39. The van der Waals surface area contributed by atoms with Crippen LogP contribution >= 0.6 is 22.7 Å². The molecule has 3 aromatic rings. The molecule has 3 heterocycles. The highest BCUT2D eigenvalue weighted by atomic mass is 32.2. The van der Waals surface area contributed by atoms with Crippen molar-refractivity contribution in [1.82, 2.24) is 8.87 Å². The minimum atomic E-state index is -3.58. The summed E-state index contributed by atoms with van der Waals surface area (Å²) >= 11 is 2.25. The molecular weight excluding hydrogens is 535 g/mol. The molecule has 0 spiro atoms. The second-order valence-electron chi connectivity index (χ2n) is 8.01. The molecule has 4 rings (SSSR count). The van der Waals surface area contributed by atoms with Crippen LogP contribution in [0.25, 0.3) is 10.2 Å². The van der Waals surface area contributed by atoms with Crippen molar-refractivity contribution in [3.8, 4) is 0 Å². The summed E-state index contributed by atoms with van der Waals surface area (Å²) in [5, 5.41) is 1.70. The maximum absolute atomic E-state index is 13.0. The number of esters is 1. The van der Waals surface area contributed by atoms with E-state index in [1.807, 2.05) is 0 Å². The fraction of sp³-hybridized carbons (Fsp3) is 0.381. The first-order valence-electron chi connectivity index (χ1n) is 10.5. The quantitative estimate of drug-likeness (QED) is 0.423. The Morgan fingerprint density at radius 3 is 2.46 bits per heavy atom. The SMILES string of the molecule is COC(=O)Cn1c(=NC(=O)C2CCN(S(=O)(=O)c3cccs3)CC2)sc2cc(S(C)(=O)=O)ccc21. The monoisotopic (exact) mass is 557 g/mol. The van der Waals surface area contributed by atoms with Gasteiger partial charge in [0.25, 0.3) is 15.9 Å². The summed E-state index contributed by atoms with van der Waals surface area (Å²) in [6, 6.07) is 7.74. The summed E-state index contributed by atoms with van der Waals surface area (Å²) in [5.74, 6) is -1.42. The number of thiazole rings is 1. The highest BCUT2D eigenvalue weighted by Crippen LogP contribution is 2.27. The fourth-order valence-corrected chi connectivity index (χ4v) is 8.19. The number of sulfonamides is 1. The molecule has 0 radical (unpaired) electrons. The van der Waals surface area contributed by atoms with Gasteiger partial charge in [-0.25, -0.2) is 16.8 Å². The summed E-state index contributed by atoms with van der Waals surface area (Å²) in [6.07, 6.45) is 1.75. The van der Waals surface area contributed by atoms with E-state index in [0.29, 0.717) is 23.1 Å². The number of hydrogen-bond acceptors (Lipinski definition) is 9. The number of carbonyl (C=O) groups is 2. The van der Waals surface area contributed by atoms with E-state index in [0.717, 1.165) is 28.9 Å². The van der Waals surface area contributed by atoms with Crippen LogP contribution in [-0.4, -0.2) is 64.0 Å². The number of hydrogen-bond donors (Lipinski definition) is 0. The van der Waals surface area contributed by atoms with E-state index in [1.54, 1.807) is 23.6 Å². The lowest BCUT2D eigenvalue weighted by molar-refractivity contribution is -0.141. The van der Waals surface area contributed by atoms with Crippen molar-refractivity contribution in [2.45, 2.75) is 28.5 Å². The first-order valence-corrected chi connectivity index (χ1v) is 15.6. The number of methoxy groups -OCH3 is 1. The van der Waals surface area contributed by atoms with Crippen LogP contribution < -0.4 is 4.80 Å². The van der Waals surface area contributed by atoms with Crippen LogP contribution in [0.1, 0.15) is 12.8 Å². The first-order chi connectivity index (χ1) is 16.5. The highest BCUT2D eigenvalue weighted by Gasteiger charge is 2.32. The number of benzene rings is 1. The normalized spacial score (nSPS) is 16.6. The zero-order valence-corrected chi connectivity index (χ0v) is 22.2. The molecule has 2 aromatic heterocycles. The number of nitrogens with zero attached hydrogens (tertiary/aromatic N) is 3. The minimum Gasteiger partial charge on any atom is -0.468 e. The molecule has 1 fully saturated rings. The van der Waals surface area contributed by atoms with Gasteiger partial charge in [-0.3, -0.25) is 9.59 Å². The molecule has 1 aliphatic heterocycles. The lowest BCUT2D eigenvalue weighted by Crippen LogP contribution is -2.40. The van der Waals surface area contributed by atoms with E-state index in [4.69, 9.17) is 4.74 Å². The Kier molecular flexibility index (Phi) is 7.29. The lowest BCUT2D eigenvalue weighted by Gasteiger charge is -2.29. The Bertz CT molecular complexity index is 1540. The van der Waals surface area contributed by atoms with Gasteiger partial charge >= 0.3 is 5.97 Å². The third-order valence-corrected chi connectivity index (χ3v) is 11.1. The molecule has 0 N–H and O–H groups in total. The molecule has 1 aliphatic rings. The van der Waals surface area contributed by atoms with E-state index in [9.17, 15) is 26.4 Å². The first kappa shape index (κ1) is 25.7. The van der Waals surface area contributed by atoms with Crippen LogP contribution in [0.2, 0.25) is 0 Å². The van der Waals surface area contributed by atoms with Crippen LogP contribution in [-0.2, 0) is 40.7 Å². The summed E-state index contributed by atoms with van der Waals surface area (Å²) in [4.78, 5) is 29.6. The van der Waals surface area contributed by atoms with Crippen LogP contribution in [0.4, 0.5) is 0 Å². The number of thiophene rings is 1. The van der Waals surface area contributed by atoms with Gasteiger partial charge in [-0.2, -0.15) is 9.30 Å². The average molecular weight is 558 g/mol. The van der Waals surface area contributed by atoms with E-state index in [-0.39, 0.29) is 33.5 Å². The van der Waals surface area contributed by atoms with Crippen LogP contribution in [0.5, 0.6) is 0 Å². The summed E-state index contributed by atoms with van der Waals surface area (Å²) in [6.45, 7) is 0.218. The molecule has 1 amide bonds. The molecule has 188 valence electrons. The number of sulfone groups is 1. The predicted octanol–water partition coefficient (Wildman–Crippen LogP) is 1.87. The fourth-order valence-electron chi connectivity index (χ4n) is 3.78. The second kappa shape index (κ2) is 9.93. The number of fused-ring (bicyclic) bond motifs is 1. The Morgan fingerprint density at radius 1 is 1.14 bits per heavy atom. The number of ether oxygens (including phenoxy) is 1. The summed E-state index contributed by atoms with van der Waals surface area (Å²) in [5.41, 5.74) is 0.552. The molecule has 0 unspecified atom stereocenters.